The van der Waals surface area contributed by atoms with Crippen molar-refractivity contribution in [3.8, 4) is 56.2 Å². The van der Waals surface area contributed by atoms with Crippen molar-refractivity contribution in [2.24, 2.45) is 0 Å². The largest absolute Gasteiger partial charge is 0.228 e. The van der Waals surface area contributed by atoms with Gasteiger partial charge in [0.25, 0.3) is 0 Å². The predicted molar refractivity (Wildman–Crippen MR) is 232 cm³/mol. The van der Waals surface area contributed by atoms with Gasteiger partial charge in [-0.15, -0.1) is 0 Å². The van der Waals surface area contributed by atoms with Crippen LogP contribution in [0, 0.1) is 0 Å². The second-order valence-corrected chi connectivity index (χ2v) is 17.2. The van der Waals surface area contributed by atoms with Crippen LogP contribution in [0.1, 0.15) is 0 Å². The van der Waals surface area contributed by atoms with Crippen LogP contribution in [0.4, 0.5) is 0 Å². The van der Waals surface area contributed by atoms with E-state index in [1.807, 2.05) is 6.07 Å². The molecule has 0 saturated heterocycles. The van der Waals surface area contributed by atoms with Crippen LogP contribution in [0.2, 0.25) is 6.55 Å². The Kier molecular flexibility index (Phi) is 6.98. The van der Waals surface area contributed by atoms with Gasteiger partial charge >= 0.3 is 0 Å². The molecule has 11 rings (SSSR count). The van der Waals surface area contributed by atoms with Crippen LogP contribution in [0.15, 0.2) is 182 Å². The zero-order valence-electron chi connectivity index (χ0n) is 29.8. The quantitative estimate of drug-likeness (QED) is 0.135. The molecule has 0 radical (unpaired) electrons. The van der Waals surface area contributed by atoms with Crippen molar-refractivity contribution < 1.29 is 0 Å². The van der Waals surface area contributed by atoms with Crippen molar-refractivity contribution in [3.05, 3.63) is 182 Å². The third kappa shape index (κ3) is 4.86. The molecule has 0 N–H and O–H groups in total. The highest BCUT2D eigenvalue weighted by Crippen LogP contribution is 2.38. The minimum atomic E-state index is -1.59. The lowest BCUT2D eigenvalue weighted by molar-refractivity contribution is 1.20. The smallest absolute Gasteiger partial charge is 0.160 e. The first kappa shape index (κ1) is 30.9. The Balaban J connectivity index is 1.05. The number of benzene rings is 9. The van der Waals surface area contributed by atoms with Crippen LogP contribution in [0.25, 0.3) is 99.2 Å². The molecule has 1 atom stereocenters. The lowest BCUT2D eigenvalue weighted by Gasteiger charge is -2.15. The highest BCUT2D eigenvalue weighted by molar-refractivity contribution is 6.89. The van der Waals surface area contributed by atoms with E-state index in [1.165, 1.54) is 81.3 Å². The summed E-state index contributed by atoms with van der Waals surface area (Å²) in [7, 11) is -1.59. The van der Waals surface area contributed by atoms with Gasteiger partial charge < -0.3 is 0 Å². The van der Waals surface area contributed by atoms with Gasteiger partial charge in [0.2, 0.25) is 0 Å². The van der Waals surface area contributed by atoms with Crippen LogP contribution in [0.5, 0.6) is 0 Å². The zero-order valence-corrected chi connectivity index (χ0v) is 30.9. The van der Waals surface area contributed by atoms with Crippen LogP contribution < -0.4 is 10.4 Å². The van der Waals surface area contributed by atoms with E-state index < -0.39 is 8.80 Å². The molecule has 1 aromatic heterocycles. The van der Waals surface area contributed by atoms with E-state index in [1.54, 1.807) is 0 Å². The number of aromatic nitrogens is 2. The van der Waals surface area contributed by atoms with E-state index in [0.717, 1.165) is 28.3 Å². The third-order valence-electron chi connectivity index (χ3n) is 11.5. The van der Waals surface area contributed by atoms with Crippen molar-refractivity contribution in [2.45, 2.75) is 6.55 Å². The summed E-state index contributed by atoms with van der Waals surface area (Å²) < 4.78 is 0. The normalized spacial score (nSPS) is 13.5. The molecule has 0 aliphatic carbocycles. The molecule has 0 saturated carbocycles. The molecule has 0 amide bonds. The van der Waals surface area contributed by atoms with Gasteiger partial charge in [0.1, 0.15) is 8.80 Å². The Labute approximate surface area is 315 Å². The molecule has 0 spiro atoms. The number of hydrogen-bond acceptors (Lipinski definition) is 2. The molecule has 0 fully saturated rings. The summed E-state index contributed by atoms with van der Waals surface area (Å²) in [5.74, 6) is 0.774. The lowest BCUT2D eigenvalue weighted by atomic mass is 9.91. The second kappa shape index (κ2) is 12.2. The minimum Gasteiger partial charge on any atom is -0.228 e. The monoisotopic (exact) mass is 702 g/mol. The fourth-order valence-electron chi connectivity index (χ4n) is 8.81. The first-order chi connectivity index (χ1) is 26.7. The highest BCUT2D eigenvalue weighted by atomic mass is 28.3. The Bertz CT molecular complexity index is 3090. The van der Waals surface area contributed by atoms with Crippen molar-refractivity contribution >= 4 is 62.3 Å². The molecular weight excluding hydrogens is 669 g/mol. The van der Waals surface area contributed by atoms with Crippen LogP contribution in [0.3, 0.4) is 0 Å². The summed E-state index contributed by atoms with van der Waals surface area (Å²) in [5.41, 5.74) is 10.4. The summed E-state index contributed by atoms with van der Waals surface area (Å²) in [6.07, 6.45) is 0. The van der Waals surface area contributed by atoms with E-state index in [0.29, 0.717) is 0 Å². The average Bonchev–Trinajstić information content (AvgIpc) is 3.52. The van der Waals surface area contributed by atoms with E-state index in [-0.39, 0.29) is 0 Å². The predicted octanol–water partition coefficient (Wildman–Crippen LogP) is 11.7. The molecule has 2 nitrogen and oxygen atoms in total. The molecule has 54 heavy (non-hydrogen) atoms. The van der Waals surface area contributed by atoms with Crippen molar-refractivity contribution in [1.29, 1.82) is 0 Å². The number of rotatable bonds is 4. The Morgan fingerprint density at radius 2 is 0.833 bits per heavy atom. The van der Waals surface area contributed by atoms with Gasteiger partial charge in [0.15, 0.2) is 5.82 Å². The van der Waals surface area contributed by atoms with E-state index in [9.17, 15) is 0 Å². The lowest BCUT2D eigenvalue weighted by Crippen LogP contribution is -2.36. The zero-order chi connectivity index (χ0) is 35.8. The molecule has 0 bridgehead atoms. The average molecular weight is 703 g/mol. The third-order valence-corrected chi connectivity index (χ3v) is 14.3. The van der Waals surface area contributed by atoms with Gasteiger partial charge in [0.05, 0.1) is 11.4 Å². The molecule has 1 aliphatic rings. The number of hydrogen-bond donors (Lipinski definition) is 0. The summed E-state index contributed by atoms with van der Waals surface area (Å²) in [5, 5.41) is 13.1. The molecule has 3 heteroatoms. The summed E-state index contributed by atoms with van der Waals surface area (Å²) in [6, 6.07) is 66.3. The topological polar surface area (TPSA) is 25.8 Å². The van der Waals surface area contributed by atoms with E-state index >= 15 is 0 Å². The summed E-state index contributed by atoms with van der Waals surface area (Å²) in [4.78, 5) is 10.7. The van der Waals surface area contributed by atoms with Crippen LogP contribution in [-0.4, -0.2) is 18.8 Å². The molecule has 1 unspecified atom stereocenters. The van der Waals surface area contributed by atoms with E-state index in [4.69, 9.17) is 9.97 Å². The highest BCUT2D eigenvalue weighted by Gasteiger charge is 2.33. The van der Waals surface area contributed by atoms with Gasteiger partial charge in [0, 0.05) is 16.7 Å². The first-order valence-electron chi connectivity index (χ1n) is 18.7. The molecule has 2 heterocycles. The first-order valence-corrected chi connectivity index (χ1v) is 21.0. The maximum atomic E-state index is 5.39. The van der Waals surface area contributed by atoms with Gasteiger partial charge in [-0.2, -0.15) is 0 Å². The van der Waals surface area contributed by atoms with Crippen molar-refractivity contribution in [2.75, 3.05) is 0 Å². The molecule has 9 aromatic carbocycles. The van der Waals surface area contributed by atoms with Gasteiger partial charge in [-0.3, -0.25) is 0 Å². The molecular formula is C51H34N2Si. The SMILES string of the molecule is C[SiH]1c2cc3ccccc3cc2-c2nc(-c3ccccc3)nc(-c3cccc(-c4cccc(-c5ccc6c7ccccc7c7ccccc7c6c5)c4)c3)c21. The van der Waals surface area contributed by atoms with Crippen molar-refractivity contribution in [3.63, 3.8) is 0 Å². The second-order valence-electron chi connectivity index (χ2n) is 14.5. The van der Waals surface area contributed by atoms with Gasteiger partial charge in [-0.05, 0) is 100.0 Å². The van der Waals surface area contributed by atoms with Crippen LogP contribution >= 0.6 is 0 Å². The Hall–Kier alpha value is -6.68. The number of nitrogens with zero attached hydrogens (tertiary/aromatic N) is 2. The molecule has 1 aliphatic heterocycles. The summed E-state index contributed by atoms with van der Waals surface area (Å²) in [6.45, 7) is 2.44. The van der Waals surface area contributed by atoms with E-state index in [2.05, 4.69) is 182 Å². The maximum Gasteiger partial charge on any atom is 0.160 e. The summed E-state index contributed by atoms with van der Waals surface area (Å²) >= 11 is 0. The molecule has 10 aromatic rings. The standard InChI is InChI=1S/C51H34N2Si/c1-54-47-31-37-16-6-5-15-36(37)30-46(47)49-50(54)48(52-51(53-49)32-13-3-2-4-14-32)39-20-12-19-35(28-39)33-17-11-18-34(27-33)38-25-26-44-42-23-8-7-21-40(42)41-22-9-10-24-43(41)45(44)29-38/h2-31,54H,1H3. The van der Waals surface area contributed by atoms with Gasteiger partial charge in [-0.1, -0.05) is 164 Å². The number of fused-ring (bicyclic) bond motifs is 10. The fourth-order valence-corrected chi connectivity index (χ4v) is 11.5. The Morgan fingerprint density at radius 3 is 1.50 bits per heavy atom. The fraction of sp³-hybridized carbons (Fsp3) is 0.0196. The molecule has 252 valence electrons. The van der Waals surface area contributed by atoms with Gasteiger partial charge in [-0.25, -0.2) is 9.97 Å². The minimum absolute atomic E-state index is 0.774. The maximum absolute atomic E-state index is 5.39. The van der Waals surface area contributed by atoms with Crippen LogP contribution in [-0.2, 0) is 0 Å². The Morgan fingerprint density at radius 1 is 0.352 bits per heavy atom. The van der Waals surface area contributed by atoms with Crippen molar-refractivity contribution in [1.82, 2.24) is 9.97 Å².